The van der Waals surface area contributed by atoms with Gasteiger partial charge in [0.2, 0.25) is 0 Å². The van der Waals surface area contributed by atoms with Gasteiger partial charge in [-0.25, -0.2) is 4.98 Å². The Balaban J connectivity index is 1.96. The van der Waals surface area contributed by atoms with Crippen LogP contribution in [0.15, 0.2) is 38.9 Å². The molecule has 0 saturated heterocycles. The first-order chi connectivity index (χ1) is 7.24. The van der Waals surface area contributed by atoms with E-state index in [0.717, 1.165) is 20.6 Å². The van der Waals surface area contributed by atoms with Gasteiger partial charge in [0.15, 0.2) is 0 Å². The van der Waals surface area contributed by atoms with Crippen molar-refractivity contribution in [2.24, 2.45) is 0 Å². The summed E-state index contributed by atoms with van der Waals surface area (Å²) in [5.74, 6) is 0. The number of nitrogens with one attached hydrogen (secondary N) is 1. The molecule has 0 saturated carbocycles. The highest BCUT2D eigenvalue weighted by molar-refractivity contribution is 9.11. The van der Waals surface area contributed by atoms with Crippen molar-refractivity contribution >= 4 is 48.9 Å². The molecule has 0 bridgehead atoms. The van der Waals surface area contributed by atoms with Crippen LogP contribution in [0.4, 0.5) is 5.69 Å². The van der Waals surface area contributed by atoms with E-state index in [2.05, 4.69) is 54.3 Å². The molecule has 2 aromatic rings. The van der Waals surface area contributed by atoms with Crippen LogP contribution in [-0.4, -0.2) is 4.98 Å². The van der Waals surface area contributed by atoms with E-state index in [-0.39, 0.29) is 0 Å². The van der Waals surface area contributed by atoms with E-state index in [0.29, 0.717) is 0 Å². The molecule has 0 aliphatic rings. The van der Waals surface area contributed by atoms with Gasteiger partial charge in [0.25, 0.3) is 0 Å². The minimum absolute atomic E-state index is 0.833. The van der Waals surface area contributed by atoms with Crippen molar-refractivity contribution in [1.82, 2.24) is 4.98 Å². The molecule has 0 spiro atoms. The number of thiophene rings is 1. The Hall–Kier alpha value is -0.390. The van der Waals surface area contributed by atoms with Crippen LogP contribution in [0.25, 0.3) is 0 Å². The molecular weight excluding hydrogens is 340 g/mol. The molecule has 0 amide bonds. The quantitative estimate of drug-likeness (QED) is 0.838. The van der Waals surface area contributed by atoms with Gasteiger partial charge in [0.1, 0.15) is 4.60 Å². The van der Waals surface area contributed by atoms with Gasteiger partial charge in [-0.3, -0.25) is 0 Å². The second-order valence-corrected chi connectivity index (χ2v) is 6.29. The highest BCUT2D eigenvalue weighted by Gasteiger charge is 1.98. The summed E-state index contributed by atoms with van der Waals surface area (Å²) in [7, 11) is 0. The van der Waals surface area contributed by atoms with Crippen LogP contribution in [0.2, 0.25) is 0 Å². The van der Waals surface area contributed by atoms with Crippen molar-refractivity contribution in [2.75, 3.05) is 5.32 Å². The van der Waals surface area contributed by atoms with Crippen molar-refractivity contribution in [2.45, 2.75) is 6.54 Å². The Morgan fingerprint density at radius 2 is 2.07 bits per heavy atom. The largest absolute Gasteiger partial charge is 0.379 e. The first-order valence-electron chi connectivity index (χ1n) is 4.34. The Labute approximate surface area is 109 Å². The molecule has 0 aliphatic carbocycles. The zero-order valence-corrected chi connectivity index (χ0v) is 11.7. The number of hydrogen-bond acceptors (Lipinski definition) is 3. The summed E-state index contributed by atoms with van der Waals surface area (Å²) in [6, 6.07) is 8.09. The lowest BCUT2D eigenvalue weighted by Crippen LogP contribution is -1.97. The number of pyridine rings is 1. The van der Waals surface area contributed by atoms with E-state index in [1.54, 1.807) is 11.3 Å². The molecular formula is C10H8Br2N2S. The van der Waals surface area contributed by atoms with Crippen LogP contribution in [0.1, 0.15) is 4.88 Å². The lowest BCUT2D eigenvalue weighted by atomic mass is 10.4. The molecule has 0 fully saturated rings. The average molecular weight is 348 g/mol. The van der Waals surface area contributed by atoms with E-state index in [1.165, 1.54) is 4.88 Å². The highest BCUT2D eigenvalue weighted by Crippen LogP contribution is 2.22. The third kappa shape index (κ3) is 3.29. The van der Waals surface area contributed by atoms with E-state index in [1.807, 2.05) is 18.3 Å². The summed E-state index contributed by atoms with van der Waals surface area (Å²) < 4.78 is 2.01. The number of anilines is 1. The molecule has 5 heteroatoms. The molecule has 2 heterocycles. The van der Waals surface area contributed by atoms with E-state index in [4.69, 9.17) is 0 Å². The summed E-state index contributed by atoms with van der Waals surface area (Å²) in [5, 5.41) is 3.31. The Morgan fingerprint density at radius 1 is 1.20 bits per heavy atom. The third-order valence-electron chi connectivity index (χ3n) is 1.82. The van der Waals surface area contributed by atoms with Gasteiger partial charge in [-0.1, -0.05) is 0 Å². The maximum Gasteiger partial charge on any atom is 0.106 e. The zero-order chi connectivity index (χ0) is 10.7. The molecule has 78 valence electrons. The van der Waals surface area contributed by atoms with Crippen LogP contribution >= 0.6 is 43.2 Å². The molecule has 0 radical (unpaired) electrons. The molecule has 15 heavy (non-hydrogen) atoms. The molecule has 0 aliphatic heterocycles. The second kappa shape index (κ2) is 5.09. The van der Waals surface area contributed by atoms with Crippen LogP contribution in [0, 0.1) is 0 Å². The van der Waals surface area contributed by atoms with Crippen molar-refractivity contribution in [3.63, 3.8) is 0 Å². The fourth-order valence-corrected chi connectivity index (χ4v) is 2.77. The molecule has 0 atom stereocenters. The van der Waals surface area contributed by atoms with Gasteiger partial charge < -0.3 is 5.32 Å². The van der Waals surface area contributed by atoms with Crippen molar-refractivity contribution in [3.05, 3.63) is 43.7 Å². The van der Waals surface area contributed by atoms with Crippen LogP contribution in [0.3, 0.4) is 0 Å². The van der Waals surface area contributed by atoms with Gasteiger partial charge in [0.05, 0.1) is 15.7 Å². The number of hydrogen-bond donors (Lipinski definition) is 1. The van der Waals surface area contributed by atoms with Crippen molar-refractivity contribution in [3.8, 4) is 0 Å². The highest BCUT2D eigenvalue weighted by atomic mass is 79.9. The number of rotatable bonds is 3. The Kier molecular flexibility index (Phi) is 3.77. The van der Waals surface area contributed by atoms with Crippen LogP contribution in [0.5, 0.6) is 0 Å². The van der Waals surface area contributed by atoms with Gasteiger partial charge in [0, 0.05) is 11.4 Å². The van der Waals surface area contributed by atoms with E-state index < -0.39 is 0 Å². The summed E-state index contributed by atoms with van der Waals surface area (Å²) in [4.78, 5) is 5.44. The molecule has 0 unspecified atom stereocenters. The maximum absolute atomic E-state index is 4.14. The summed E-state index contributed by atoms with van der Waals surface area (Å²) >= 11 is 8.48. The summed E-state index contributed by atoms with van der Waals surface area (Å²) in [6.07, 6.45) is 1.81. The van der Waals surface area contributed by atoms with Crippen molar-refractivity contribution < 1.29 is 0 Å². The fourth-order valence-electron chi connectivity index (χ4n) is 1.12. The maximum atomic E-state index is 4.14. The lowest BCUT2D eigenvalue weighted by Gasteiger charge is -2.03. The SMILES string of the molecule is Brc1ccc(NCc2ccc(Br)s2)cn1. The first kappa shape index (κ1) is 11.1. The summed E-state index contributed by atoms with van der Waals surface area (Å²) in [6.45, 7) is 0.833. The summed E-state index contributed by atoms with van der Waals surface area (Å²) in [5.41, 5.74) is 1.03. The fraction of sp³-hybridized carbons (Fsp3) is 0.100. The molecule has 2 aromatic heterocycles. The minimum atomic E-state index is 0.833. The van der Waals surface area contributed by atoms with Crippen LogP contribution in [-0.2, 0) is 6.54 Å². The normalized spacial score (nSPS) is 10.3. The topological polar surface area (TPSA) is 24.9 Å². The van der Waals surface area contributed by atoms with Gasteiger partial charge in [-0.05, 0) is 56.1 Å². The molecule has 1 N–H and O–H groups in total. The van der Waals surface area contributed by atoms with Crippen molar-refractivity contribution in [1.29, 1.82) is 0 Å². The number of aromatic nitrogens is 1. The Morgan fingerprint density at radius 3 is 2.67 bits per heavy atom. The monoisotopic (exact) mass is 346 g/mol. The van der Waals surface area contributed by atoms with E-state index in [9.17, 15) is 0 Å². The number of nitrogens with zero attached hydrogens (tertiary/aromatic N) is 1. The lowest BCUT2D eigenvalue weighted by molar-refractivity contribution is 1.16. The third-order valence-corrected chi connectivity index (χ3v) is 3.92. The zero-order valence-electron chi connectivity index (χ0n) is 7.71. The first-order valence-corrected chi connectivity index (χ1v) is 6.74. The second-order valence-electron chi connectivity index (χ2n) is 2.93. The van der Waals surface area contributed by atoms with Gasteiger partial charge in [-0.15, -0.1) is 11.3 Å². The van der Waals surface area contributed by atoms with E-state index >= 15 is 0 Å². The van der Waals surface area contributed by atoms with Gasteiger partial charge >= 0.3 is 0 Å². The minimum Gasteiger partial charge on any atom is -0.379 e. The smallest absolute Gasteiger partial charge is 0.106 e. The molecule has 2 rings (SSSR count). The average Bonchev–Trinajstić information content (AvgIpc) is 2.64. The number of halogens is 2. The van der Waals surface area contributed by atoms with Crippen LogP contribution < -0.4 is 5.32 Å². The Bertz CT molecular complexity index is 439. The predicted octanol–water partition coefficient (Wildman–Crippen LogP) is 4.28. The van der Waals surface area contributed by atoms with Gasteiger partial charge in [-0.2, -0.15) is 0 Å². The predicted molar refractivity (Wildman–Crippen MR) is 71.3 cm³/mol. The standard InChI is InChI=1S/C10H8Br2N2S/c11-9-3-1-7(5-14-9)13-6-8-2-4-10(12)15-8/h1-5,13H,6H2. The molecule has 0 aromatic carbocycles. The molecule has 2 nitrogen and oxygen atoms in total.